The topological polar surface area (TPSA) is 0 Å². The van der Waals surface area contributed by atoms with Crippen molar-refractivity contribution >= 4 is 17.2 Å². The minimum atomic E-state index is 0.827. The molecule has 1 rings (SSSR count). The largest absolute Gasteiger partial charge is 0.0955 e. The van der Waals surface area contributed by atoms with E-state index in [-0.39, 0.29) is 0 Å². The molecule has 0 aliphatic heterocycles. The summed E-state index contributed by atoms with van der Waals surface area (Å²) < 4.78 is 0. The van der Waals surface area contributed by atoms with Crippen LogP contribution in [0.3, 0.4) is 0 Å². The van der Waals surface area contributed by atoms with Gasteiger partial charge in [-0.2, -0.15) is 0 Å². The van der Waals surface area contributed by atoms with Crippen molar-refractivity contribution < 1.29 is 0 Å². The predicted molar refractivity (Wildman–Crippen MR) is 55.6 cm³/mol. The molecule has 1 aromatic rings. The van der Waals surface area contributed by atoms with Gasteiger partial charge >= 0.3 is 0 Å². The van der Waals surface area contributed by atoms with Gasteiger partial charge in [-0.25, -0.2) is 0 Å². The Labute approximate surface area is 78.9 Å². The molecule has 0 amide bonds. The van der Waals surface area contributed by atoms with Crippen molar-refractivity contribution in [2.24, 2.45) is 0 Å². The highest BCUT2D eigenvalue weighted by Crippen LogP contribution is 2.27. The molecule has 0 fully saturated rings. The summed E-state index contributed by atoms with van der Waals surface area (Å²) in [7, 11) is 0. The van der Waals surface area contributed by atoms with E-state index in [2.05, 4.69) is 25.6 Å². The van der Waals surface area contributed by atoms with Crippen molar-refractivity contribution in [1.82, 2.24) is 0 Å². The van der Waals surface area contributed by atoms with Crippen LogP contribution in [0.1, 0.15) is 23.6 Å². The van der Waals surface area contributed by atoms with E-state index in [1.165, 1.54) is 5.56 Å². The summed E-state index contributed by atoms with van der Waals surface area (Å²) in [6, 6.07) is 4.15. The number of rotatable bonds is 1. The lowest BCUT2D eigenvalue weighted by atomic mass is 10.0. The van der Waals surface area contributed by atoms with Gasteiger partial charge in [0.2, 0.25) is 0 Å². The fourth-order valence-corrected chi connectivity index (χ4v) is 1.53. The van der Waals surface area contributed by atoms with E-state index in [9.17, 15) is 0 Å². The lowest BCUT2D eigenvalue weighted by Gasteiger charge is -2.07. The van der Waals surface area contributed by atoms with Gasteiger partial charge in [-0.05, 0) is 37.5 Å². The summed E-state index contributed by atoms with van der Waals surface area (Å²) in [4.78, 5) is 0. The average Bonchev–Trinajstić information content (AvgIpc) is 1.96. The normalized spacial score (nSPS) is 10.0. The van der Waals surface area contributed by atoms with Crippen LogP contribution in [-0.4, -0.2) is 0 Å². The number of hydrogen-bond donors (Lipinski definition) is 0. The first kappa shape index (κ1) is 9.34. The Morgan fingerprint density at radius 1 is 1.33 bits per heavy atom. The van der Waals surface area contributed by atoms with Crippen LogP contribution in [0.25, 0.3) is 5.57 Å². The Morgan fingerprint density at radius 3 is 2.42 bits per heavy atom. The van der Waals surface area contributed by atoms with Crippen molar-refractivity contribution in [3.63, 3.8) is 0 Å². The van der Waals surface area contributed by atoms with E-state index in [1.807, 2.05) is 13.8 Å². The van der Waals surface area contributed by atoms with E-state index in [1.54, 1.807) is 0 Å². The van der Waals surface area contributed by atoms with E-state index in [0.717, 1.165) is 21.7 Å². The maximum atomic E-state index is 6.10. The van der Waals surface area contributed by atoms with Gasteiger partial charge in [-0.3, -0.25) is 0 Å². The minimum absolute atomic E-state index is 0.827. The molecule has 0 spiro atoms. The number of aryl methyl sites for hydroxylation is 2. The Morgan fingerprint density at radius 2 is 1.92 bits per heavy atom. The molecule has 0 unspecified atom stereocenters. The molecule has 0 N–H and O–H groups in total. The van der Waals surface area contributed by atoms with Gasteiger partial charge in [-0.15, -0.1) is 0 Å². The third-order valence-corrected chi connectivity index (χ3v) is 2.36. The zero-order chi connectivity index (χ0) is 9.30. The SMILES string of the molecule is C=C(C)c1cc(C)cc(C)c1Cl. The lowest BCUT2D eigenvalue weighted by molar-refractivity contribution is 1.36. The molecule has 0 heterocycles. The third kappa shape index (κ3) is 1.70. The summed E-state index contributed by atoms with van der Waals surface area (Å²) in [5, 5.41) is 0.827. The third-order valence-electron chi connectivity index (χ3n) is 1.86. The fraction of sp³-hybridized carbons (Fsp3) is 0.273. The number of benzene rings is 1. The van der Waals surface area contributed by atoms with Gasteiger partial charge in [0.25, 0.3) is 0 Å². The zero-order valence-electron chi connectivity index (χ0n) is 7.74. The second-order valence-electron chi connectivity index (χ2n) is 3.22. The van der Waals surface area contributed by atoms with E-state index in [4.69, 9.17) is 11.6 Å². The Balaban J connectivity index is 3.37. The quantitative estimate of drug-likeness (QED) is 0.613. The molecular formula is C11H13Cl. The fourth-order valence-electron chi connectivity index (χ4n) is 1.26. The summed E-state index contributed by atoms with van der Waals surface area (Å²) in [5.74, 6) is 0. The highest BCUT2D eigenvalue weighted by molar-refractivity contribution is 6.33. The Hall–Kier alpha value is -0.750. The first-order valence-electron chi connectivity index (χ1n) is 3.95. The van der Waals surface area contributed by atoms with E-state index >= 15 is 0 Å². The van der Waals surface area contributed by atoms with Gasteiger partial charge in [-0.1, -0.05) is 35.9 Å². The van der Waals surface area contributed by atoms with Crippen LogP contribution < -0.4 is 0 Å². The molecular weight excluding hydrogens is 168 g/mol. The van der Waals surface area contributed by atoms with Gasteiger partial charge in [0.05, 0.1) is 5.02 Å². The van der Waals surface area contributed by atoms with Crippen molar-refractivity contribution in [3.05, 3.63) is 40.4 Å². The van der Waals surface area contributed by atoms with E-state index < -0.39 is 0 Å². The van der Waals surface area contributed by atoms with Gasteiger partial charge in [0.1, 0.15) is 0 Å². The molecule has 0 saturated heterocycles. The lowest BCUT2D eigenvalue weighted by Crippen LogP contribution is -1.86. The Bertz CT molecular complexity index is 324. The molecule has 0 saturated carbocycles. The van der Waals surface area contributed by atoms with Crippen LogP contribution in [0.15, 0.2) is 18.7 Å². The van der Waals surface area contributed by atoms with Crippen molar-refractivity contribution in [3.8, 4) is 0 Å². The molecule has 1 aromatic carbocycles. The second kappa shape index (κ2) is 3.32. The van der Waals surface area contributed by atoms with Gasteiger partial charge in [0, 0.05) is 0 Å². The molecule has 0 aliphatic rings. The van der Waals surface area contributed by atoms with Crippen LogP contribution in [-0.2, 0) is 0 Å². The number of halogens is 1. The smallest absolute Gasteiger partial charge is 0.0510 e. The summed E-state index contributed by atoms with van der Waals surface area (Å²) in [5.41, 5.74) is 4.44. The van der Waals surface area contributed by atoms with Gasteiger partial charge in [0.15, 0.2) is 0 Å². The minimum Gasteiger partial charge on any atom is -0.0955 e. The maximum absolute atomic E-state index is 6.10. The monoisotopic (exact) mass is 180 g/mol. The van der Waals surface area contributed by atoms with Crippen molar-refractivity contribution in [1.29, 1.82) is 0 Å². The molecule has 64 valence electrons. The number of hydrogen-bond acceptors (Lipinski definition) is 0. The molecule has 0 aromatic heterocycles. The van der Waals surface area contributed by atoms with Crippen molar-refractivity contribution in [2.75, 3.05) is 0 Å². The average molecular weight is 181 g/mol. The molecule has 0 nitrogen and oxygen atoms in total. The highest BCUT2D eigenvalue weighted by atomic mass is 35.5. The van der Waals surface area contributed by atoms with Crippen LogP contribution in [0.5, 0.6) is 0 Å². The second-order valence-corrected chi connectivity index (χ2v) is 3.60. The zero-order valence-corrected chi connectivity index (χ0v) is 8.50. The highest BCUT2D eigenvalue weighted by Gasteiger charge is 2.04. The summed E-state index contributed by atoms with van der Waals surface area (Å²) >= 11 is 6.10. The van der Waals surface area contributed by atoms with Crippen LogP contribution >= 0.6 is 11.6 Å². The molecule has 12 heavy (non-hydrogen) atoms. The van der Waals surface area contributed by atoms with E-state index in [0.29, 0.717) is 0 Å². The molecule has 0 aliphatic carbocycles. The Kier molecular flexibility index (Phi) is 2.58. The molecule has 0 atom stereocenters. The molecule has 0 bridgehead atoms. The first-order valence-corrected chi connectivity index (χ1v) is 4.33. The number of allylic oxidation sites excluding steroid dienone is 1. The summed E-state index contributed by atoms with van der Waals surface area (Å²) in [6.45, 7) is 9.94. The van der Waals surface area contributed by atoms with Crippen LogP contribution in [0.2, 0.25) is 5.02 Å². The van der Waals surface area contributed by atoms with Crippen LogP contribution in [0, 0.1) is 13.8 Å². The first-order chi connectivity index (χ1) is 5.52. The van der Waals surface area contributed by atoms with Gasteiger partial charge < -0.3 is 0 Å². The maximum Gasteiger partial charge on any atom is 0.0510 e. The summed E-state index contributed by atoms with van der Waals surface area (Å²) in [6.07, 6.45) is 0. The molecule has 0 radical (unpaired) electrons. The van der Waals surface area contributed by atoms with Crippen LogP contribution in [0.4, 0.5) is 0 Å². The van der Waals surface area contributed by atoms with Crippen molar-refractivity contribution in [2.45, 2.75) is 20.8 Å². The molecule has 1 heteroatoms. The predicted octanol–water partition coefficient (Wildman–Crippen LogP) is 3.99. The standard InChI is InChI=1S/C11H13Cl/c1-7(2)10-6-8(3)5-9(4)11(10)12/h5-6H,1H2,2-4H3.